The van der Waals surface area contributed by atoms with Crippen molar-refractivity contribution in [2.45, 2.75) is 13.8 Å². The lowest BCUT2D eigenvalue weighted by Crippen LogP contribution is -2.50. The number of carbonyl (C=O) groups is 1. The molecule has 1 saturated heterocycles. The van der Waals surface area contributed by atoms with Crippen LogP contribution in [0.25, 0.3) is 11.3 Å². The standard InChI is InChI=1S/C20H26N4O3/c1-3-26-15-20(25)24-13-11-23(12-14-24)19-10-9-18(21-22-19)16-5-7-17(8-6-16)27-4-2/h5-10H,3-4,11-15H2,1-2H3. The molecule has 0 aliphatic carbocycles. The third-order valence-corrected chi connectivity index (χ3v) is 4.50. The zero-order valence-corrected chi connectivity index (χ0v) is 15.9. The normalized spacial score (nSPS) is 14.3. The molecule has 0 N–H and O–H groups in total. The zero-order chi connectivity index (χ0) is 19.1. The number of carbonyl (C=O) groups excluding carboxylic acids is 1. The summed E-state index contributed by atoms with van der Waals surface area (Å²) >= 11 is 0. The van der Waals surface area contributed by atoms with Gasteiger partial charge in [-0.25, -0.2) is 0 Å². The van der Waals surface area contributed by atoms with Gasteiger partial charge in [-0.3, -0.25) is 4.79 Å². The topological polar surface area (TPSA) is 67.8 Å². The van der Waals surface area contributed by atoms with Crippen LogP contribution in [0.15, 0.2) is 36.4 Å². The van der Waals surface area contributed by atoms with E-state index >= 15 is 0 Å². The van der Waals surface area contributed by atoms with Gasteiger partial charge >= 0.3 is 0 Å². The molecule has 7 heteroatoms. The Labute approximate surface area is 159 Å². The maximum Gasteiger partial charge on any atom is 0.248 e. The molecule has 1 aromatic heterocycles. The third kappa shape index (κ3) is 4.95. The Morgan fingerprint density at radius 1 is 0.963 bits per heavy atom. The molecule has 1 aromatic carbocycles. The van der Waals surface area contributed by atoms with Crippen LogP contribution in [-0.2, 0) is 9.53 Å². The van der Waals surface area contributed by atoms with Gasteiger partial charge in [0.15, 0.2) is 5.82 Å². The number of aromatic nitrogens is 2. The van der Waals surface area contributed by atoms with Crippen molar-refractivity contribution in [3.8, 4) is 17.0 Å². The van der Waals surface area contributed by atoms with Gasteiger partial charge in [0.2, 0.25) is 5.91 Å². The van der Waals surface area contributed by atoms with Gasteiger partial charge in [0.05, 0.1) is 12.3 Å². The van der Waals surface area contributed by atoms with Gasteiger partial charge in [0, 0.05) is 38.3 Å². The molecule has 0 bridgehead atoms. The molecule has 0 spiro atoms. The molecule has 1 aliphatic rings. The lowest BCUT2D eigenvalue weighted by atomic mass is 10.1. The number of hydrogen-bond acceptors (Lipinski definition) is 6. The number of rotatable bonds is 7. The number of benzene rings is 1. The van der Waals surface area contributed by atoms with E-state index in [1.54, 1.807) is 0 Å². The second-order valence-corrected chi connectivity index (χ2v) is 6.24. The SMILES string of the molecule is CCOCC(=O)N1CCN(c2ccc(-c3ccc(OCC)cc3)nn2)CC1. The summed E-state index contributed by atoms with van der Waals surface area (Å²) in [5.74, 6) is 1.73. The summed E-state index contributed by atoms with van der Waals surface area (Å²) in [6.45, 7) is 8.06. The van der Waals surface area contributed by atoms with Crippen LogP contribution in [-0.4, -0.2) is 67.0 Å². The van der Waals surface area contributed by atoms with Crippen molar-refractivity contribution in [2.75, 3.05) is 50.9 Å². The van der Waals surface area contributed by atoms with Gasteiger partial charge in [0.1, 0.15) is 12.4 Å². The van der Waals surface area contributed by atoms with Gasteiger partial charge in [0.25, 0.3) is 0 Å². The summed E-state index contributed by atoms with van der Waals surface area (Å²) in [5, 5.41) is 8.73. The van der Waals surface area contributed by atoms with Crippen molar-refractivity contribution < 1.29 is 14.3 Å². The lowest BCUT2D eigenvalue weighted by Gasteiger charge is -2.35. The van der Waals surface area contributed by atoms with Gasteiger partial charge in [-0.1, -0.05) is 0 Å². The smallest absolute Gasteiger partial charge is 0.248 e. The summed E-state index contributed by atoms with van der Waals surface area (Å²) in [7, 11) is 0. The first-order valence-corrected chi connectivity index (χ1v) is 9.38. The average Bonchev–Trinajstić information content (AvgIpc) is 2.73. The Bertz CT molecular complexity index is 726. The van der Waals surface area contributed by atoms with Crippen LogP contribution in [0, 0.1) is 0 Å². The Hall–Kier alpha value is -2.67. The molecular formula is C20H26N4O3. The minimum atomic E-state index is 0.0495. The molecule has 2 heterocycles. The van der Waals surface area contributed by atoms with Gasteiger partial charge in [-0.2, -0.15) is 0 Å². The number of hydrogen-bond donors (Lipinski definition) is 0. The lowest BCUT2D eigenvalue weighted by molar-refractivity contribution is -0.136. The van der Waals surface area contributed by atoms with E-state index in [4.69, 9.17) is 9.47 Å². The summed E-state index contributed by atoms with van der Waals surface area (Å²) in [6, 6.07) is 11.8. The first kappa shape index (κ1) is 19.1. The van der Waals surface area contributed by atoms with E-state index in [1.807, 2.05) is 55.1 Å². The van der Waals surface area contributed by atoms with Crippen LogP contribution in [0.5, 0.6) is 5.75 Å². The molecule has 0 saturated carbocycles. The van der Waals surface area contributed by atoms with Gasteiger partial charge in [-0.05, 0) is 50.2 Å². The van der Waals surface area contributed by atoms with E-state index in [0.717, 1.165) is 35.9 Å². The van der Waals surface area contributed by atoms with Crippen LogP contribution in [0.4, 0.5) is 5.82 Å². The zero-order valence-electron chi connectivity index (χ0n) is 15.9. The van der Waals surface area contributed by atoms with Gasteiger partial charge in [-0.15, -0.1) is 10.2 Å². The molecule has 1 fully saturated rings. The van der Waals surface area contributed by atoms with Crippen molar-refractivity contribution in [2.24, 2.45) is 0 Å². The quantitative estimate of drug-likeness (QED) is 0.745. The molecule has 3 rings (SSSR count). The molecule has 144 valence electrons. The third-order valence-electron chi connectivity index (χ3n) is 4.50. The van der Waals surface area contributed by atoms with E-state index in [-0.39, 0.29) is 12.5 Å². The monoisotopic (exact) mass is 370 g/mol. The summed E-state index contributed by atoms with van der Waals surface area (Å²) in [5.41, 5.74) is 1.83. The molecular weight excluding hydrogens is 344 g/mol. The van der Waals surface area contributed by atoms with Crippen molar-refractivity contribution in [1.29, 1.82) is 0 Å². The average molecular weight is 370 g/mol. The summed E-state index contributed by atoms with van der Waals surface area (Å²) < 4.78 is 10.7. The van der Waals surface area contributed by atoms with E-state index in [2.05, 4.69) is 15.1 Å². The first-order chi connectivity index (χ1) is 13.2. The molecule has 0 atom stereocenters. The highest BCUT2D eigenvalue weighted by atomic mass is 16.5. The van der Waals surface area contributed by atoms with Crippen molar-refractivity contribution >= 4 is 11.7 Å². The number of nitrogens with zero attached hydrogens (tertiary/aromatic N) is 4. The minimum absolute atomic E-state index is 0.0495. The fourth-order valence-electron chi connectivity index (χ4n) is 3.00. The van der Waals surface area contributed by atoms with Crippen LogP contribution in [0.2, 0.25) is 0 Å². The number of anilines is 1. The summed E-state index contributed by atoms with van der Waals surface area (Å²) in [4.78, 5) is 16.0. The highest BCUT2D eigenvalue weighted by Gasteiger charge is 2.22. The highest BCUT2D eigenvalue weighted by Crippen LogP contribution is 2.22. The van der Waals surface area contributed by atoms with Crippen LogP contribution < -0.4 is 9.64 Å². The van der Waals surface area contributed by atoms with E-state index in [9.17, 15) is 4.79 Å². The van der Waals surface area contributed by atoms with Crippen LogP contribution in [0.3, 0.4) is 0 Å². The molecule has 0 radical (unpaired) electrons. The minimum Gasteiger partial charge on any atom is -0.494 e. The Morgan fingerprint density at radius 3 is 2.30 bits per heavy atom. The predicted molar refractivity (Wildman–Crippen MR) is 104 cm³/mol. The molecule has 1 aliphatic heterocycles. The highest BCUT2D eigenvalue weighted by molar-refractivity contribution is 5.77. The molecule has 1 amide bonds. The molecule has 27 heavy (non-hydrogen) atoms. The van der Waals surface area contributed by atoms with Crippen molar-refractivity contribution in [3.05, 3.63) is 36.4 Å². The second kappa shape index (κ2) is 9.32. The Kier molecular flexibility index (Phi) is 6.59. The second-order valence-electron chi connectivity index (χ2n) is 6.24. The van der Waals surface area contributed by atoms with E-state index < -0.39 is 0 Å². The van der Waals surface area contributed by atoms with E-state index in [1.165, 1.54) is 0 Å². The number of amides is 1. The number of piperazine rings is 1. The van der Waals surface area contributed by atoms with Gasteiger partial charge < -0.3 is 19.3 Å². The van der Waals surface area contributed by atoms with Crippen molar-refractivity contribution in [1.82, 2.24) is 15.1 Å². The molecule has 7 nitrogen and oxygen atoms in total. The Balaban J connectivity index is 1.57. The van der Waals surface area contributed by atoms with Crippen LogP contribution >= 0.6 is 0 Å². The largest absolute Gasteiger partial charge is 0.494 e. The first-order valence-electron chi connectivity index (χ1n) is 9.38. The molecule has 2 aromatic rings. The predicted octanol–water partition coefficient (Wildman–Crippen LogP) is 2.23. The summed E-state index contributed by atoms with van der Waals surface area (Å²) in [6.07, 6.45) is 0. The fraction of sp³-hybridized carbons (Fsp3) is 0.450. The fourth-order valence-corrected chi connectivity index (χ4v) is 3.00. The van der Waals surface area contributed by atoms with Crippen molar-refractivity contribution in [3.63, 3.8) is 0 Å². The van der Waals surface area contributed by atoms with Crippen LogP contribution in [0.1, 0.15) is 13.8 Å². The number of ether oxygens (including phenoxy) is 2. The molecule has 0 unspecified atom stereocenters. The maximum absolute atomic E-state index is 12.0. The Morgan fingerprint density at radius 2 is 1.70 bits per heavy atom. The maximum atomic E-state index is 12.0. The van der Waals surface area contributed by atoms with E-state index in [0.29, 0.717) is 26.3 Å².